The van der Waals surface area contributed by atoms with Crippen LogP contribution in [0.5, 0.6) is 0 Å². The van der Waals surface area contributed by atoms with Crippen molar-refractivity contribution in [1.82, 2.24) is 4.72 Å². The van der Waals surface area contributed by atoms with Crippen LogP contribution in [0.4, 0.5) is 5.69 Å². The van der Waals surface area contributed by atoms with Crippen molar-refractivity contribution in [3.05, 3.63) is 22.7 Å². The van der Waals surface area contributed by atoms with E-state index in [4.69, 9.17) is 10.8 Å². The van der Waals surface area contributed by atoms with Gasteiger partial charge in [-0.25, -0.2) is 13.1 Å². The molecule has 0 aromatic heterocycles. The van der Waals surface area contributed by atoms with E-state index in [-0.39, 0.29) is 23.2 Å². The average molecular weight is 337 g/mol. The Morgan fingerprint density at radius 1 is 1.50 bits per heavy atom. The third kappa shape index (κ3) is 4.24. The summed E-state index contributed by atoms with van der Waals surface area (Å²) in [5.74, 6) is 0. The van der Waals surface area contributed by atoms with Gasteiger partial charge in [0.1, 0.15) is 4.90 Å². The lowest BCUT2D eigenvalue weighted by Crippen LogP contribution is -2.33. The second kappa shape index (κ2) is 6.51. The van der Waals surface area contributed by atoms with Crippen LogP contribution in [0.3, 0.4) is 0 Å². The average Bonchev–Trinajstić information content (AvgIpc) is 2.29. The topological polar surface area (TPSA) is 92.4 Å². The fourth-order valence-electron chi connectivity index (χ4n) is 1.53. The van der Waals surface area contributed by atoms with Crippen LogP contribution in [-0.4, -0.2) is 26.2 Å². The second-order valence-electron chi connectivity index (χ2n) is 4.07. The van der Waals surface area contributed by atoms with Gasteiger partial charge in [-0.1, -0.05) is 15.9 Å². The molecule has 0 heterocycles. The first kappa shape index (κ1) is 15.4. The fraction of sp³-hybridized carbons (Fsp3) is 0.455. The van der Waals surface area contributed by atoms with Gasteiger partial charge in [0, 0.05) is 17.1 Å². The molecule has 0 amide bonds. The number of benzene rings is 1. The number of halogens is 1. The molecule has 0 bridgehead atoms. The Bertz CT molecular complexity index is 505. The zero-order valence-electron chi connectivity index (χ0n) is 10.1. The molecule has 102 valence electrons. The van der Waals surface area contributed by atoms with Gasteiger partial charge in [0.25, 0.3) is 0 Å². The number of nitrogens with one attached hydrogen (secondary N) is 1. The first-order valence-corrected chi connectivity index (χ1v) is 7.82. The Kier molecular flexibility index (Phi) is 5.58. The van der Waals surface area contributed by atoms with E-state index in [0.717, 1.165) is 0 Å². The highest BCUT2D eigenvalue weighted by atomic mass is 79.9. The quantitative estimate of drug-likeness (QED) is 0.686. The van der Waals surface area contributed by atoms with E-state index < -0.39 is 10.0 Å². The lowest BCUT2D eigenvalue weighted by Gasteiger charge is -2.15. The molecule has 18 heavy (non-hydrogen) atoms. The van der Waals surface area contributed by atoms with E-state index in [1.807, 2.05) is 0 Å². The van der Waals surface area contributed by atoms with Crippen LogP contribution in [0.1, 0.15) is 19.8 Å². The Morgan fingerprint density at radius 2 is 2.17 bits per heavy atom. The number of aliphatic hydroxyl groups excluding tert-OH is 1. The van der Waals surface area contributed by atoms with Crippen LogP contribution in [0.25, 0.3) is 0 Å². The number of nitrogen functional groups attached to an aromatic ring is 1. The molecule has 1 unspecified atom stereocenters. The predicted octanol–water partition coefficient (Wildman–Crippen LogP) is 1.47. The lowest BCUT2D eigenvalue weighted by molar-refractivity contribution is 0.279. The van der Waals surface area contributed by atoms with Gasteiger partial charge in [-0.05, 0) is 38.0 Å². The molecule has 1 aromatic carbocycles. The highest BCUT2D eigenvalue weighted by Gasteiger charge is 2.20. The van der Waals surface area contributed by atoms with Crippen LogP contribution >= 0.6 is 15.9 Å². The molecular weight excluding hydrogens is 320 g/mol. The fourth-order valence-corrected chi connectivity index (χ4v) is 3.47. The Balaban J connectivity index is 2.89. The smallest absolute Gasteiger partial charge is 0.242 e. The number of hydrogen-bond donors (Lipinski definition) is 3. The third-order valence-electron chi connectivity index (χ3n) is 2.42. The SMILES string of the molecule is CC(CCCO)NS(=O)(=O)c1cc(Br)ccc1N. The molecule has 4 N–H and O–H groups in total. The molecule has 0 saturated heterocycles. The van der Waals surface area contributed by atoms with Gasteiger partial charge in [0.05, 0.1) is 5.69 Å². The van der Waals surface area contributed by atoms with Gasteiger partial charge in [-0.15, -0.1) is 0 Å². The maximum absolute atomic E-state index is 12.1. The van der Waals surface area contributed by atoms with Crippen molar-refractivity contribution in [1.29, 1.82) is 0 Å². The Hall–Kier alpha value is -0.630. The maximum Gasteiger partial charge on any atom is 0.242 e. The van der Waals surface area contributed by atoms with E-state index in [1.165, 1.54) is 12.1 Å². The van der Waals surface area contributed by atoms with Crippen molar-refractivity contribution in [3.63, 3.8) is 0 Å². The van der Waals surface area contributed by atoms with E-state index in [1.54, 1.807) is 13.0 Å². The van der Waals surface area contributed by atoms with Crippen molar-refractivity contribution >= 4 is 31.6 Å². The van der Waals surface area contributed by atoms with Gasteiger partial charge in [-0.2, -0.15) is 0 Å². The van der Waals surface area contributed by atoms with Crippen molar-refractivity contribution in [2.75, 3.05) is 12.3 Å². The highest BCUT2D eigenvalue weighted by molar-refractivity contribution is 9.10. The monoisotopic (exact) mass is 336 g/mol. The predicted molar refractivity (Wildman–Crippen MR) is 74.7 cm³/mol. The number of hydrogen-bond acceptors (Lipinski definition) is 4. The van der Waals surface area contributed by atoms with Crippen molar-refractivity contribution < 1.29 is 13.5 Å². The Labute approximate surface area is 116 Å². The second-order valence-corrected chi connectivity index (χ2v) is 6.67. The van der Waals surface area contributed by atoms with Crippen molar-refractivity contribution in [3.8, 4) is 0 Å². The maximum atomic E-state index is 12.1. The van der Waals surface area contributed by atoms with Gasteiger partial charge >= 0.3 is 0 Å². The standard InChI is InChI=1S/C11H17BrN2O3S/c1-8(3-2-6-15)14-18(16,17)11-7-9(12)4-5-10(11)13/h4-5,7-8,14-15H,2-3,6,13H2,1H3. The van der Waals surface area contributed by atoms with E-state index >= 15 is 0 Å². The van der Waals surface area contributed by atoms with Crippen LogP contribution in [0.15, 0.2) is 27.6 Å². The van der Waals surface area contributed by atoms with Gasteiger partial charge < -0.3 is 10.8 Å². The molecule has 0 radical (unpaired) electrons. The van der Waals surface area contributed by atoms with Crippen LogP contribution < -0.4 is 10.5 Å². The molecule has 5 nitrogen and oxygen atoms in total. The normalized spacial score (nSPS) is 13.5. The number of nitrogens with two attached hydrogens (primary N) is 1. The summed E-state index contributed by atoms with van der Waals surface area (Å²) in [7, 11) is -3.63. The number of aliphatic hydroxyl groups is 1. The van der Waals surface area contributed by atoms with Crippen LogP contribution in [-0.2, 0) is 10.0 Å². The molecule has 1 aromatic rings. The Morgan fingerprint density at radius 3 is 2.78 bits per heavy atom. The molecule has 0 fully saturated rings. The zero-order valence-corrected chi connectivity index (χ0v) is 12.5. The number of rotatable bonds is 6. The summed E-state index contributed by atoms with van der Waals surface area (Å²) in [4.78, 5) is 0.0627. The summed E-state index contributed by atoms with van der Waals surface area (Å²) in [6.07, 6.45) is 1.13. The van der Waals surface area contributed by atoms with Gasteiger partial charge in [-0.3, -0.25) is 0 Å². The molecular formula is C11H17BrN2O3S. The summed E-state index contributed by atoms with van der Waals surface area (Å²) in [6, 6.07) is 4.44. The molecule has 0 spiro atoms. The molecule has 1 rings (SSSR count). The molecule has 0 saturated carbocycles. The number of sulfonamides is 1. The van der Waals surface area contributed by atoms with Crippen molar-refractivity contribution in [2.24, 2.45) is 0 Å². The van der Waals surface area contributed by atoms with Crippen molar-refractivity contribution in [2.45, 2.75) is 30.7 Å². The number of anilines is 1. The van der Waals surface area contributed by atoms with Crippen LogP contribution in [0, 0.1) is 0 Å². The lowest BCUT2D eigenvalue weighted by atomic mass is 10.2. The molecule has 1 atom stereocenters. The molecule has 0 aliphatic carbocycles. The van der Waals surface area contributed by atoms with E-state index in [0.29, 0.717) is 17.3 Å². The van der Waals surface area contributed by atoms with E-state index in [9.17, 15) is 8.42 Å². The first-order chi connectivity index (χ1) is 8.36. The van der Waals surface area contributed by atoms with Crippen LogP contribution in [0.2, 0.25) is 0 Å². The van der Waals surface area contributed by atoms with Gasteiger partial charge in [0.15, 0.2) is 0 Å². The first-order valence-electron chi connectivity index (χ1n) is 5.55. The minimum atomic E-state index is -3.63. The molecule has 7 heteroatoms. The highest BCUT2D eigenvalue weighted by Crippen LogP contribution is 2.23. The molecule has 0 aliphatic rings. The largest absolute Gasteiger partial charge is 0.398 e. The summed E-state index contributed by atoms with van der Waals surface area (Å²) >= 11 is 3.22. The summed E-state index contributed by atoms with van der Waals surface area (Å²) in [6.45, 7) is 1.80. The summed E-state index contributed by atoms with van der Waals surface area (Å²) in [5.41, 5.74) is 5.88. The third-order valence-corrected chi connectivity index (χ3v) is 4.56. The zero-order chi connectivity index (χ0) is 13.8. The minimum Gasteiger partial charge on any atom is -0.398 e. The summed E-state index contributed by atoms with van der Waals surface area (Å²) < 4.78 is 27.4. The van der Waals surface area contributed by atoms with E-state index in [2.05, 4.69) is 20.7 Å². The van der Waals surface area contributed by atoms with Gasteiger partial charge in [0.2, 0.25) is 10.0 Å². The molecule has 0 aliphatic heterocycles. The summed E-state index contributed by atoms with van der Waals surface area (Å²) in [5, 5.41) is 8.71. The minimum absolute atomic E-state index is 0.0467.